The summed E-state index contributed by atoms with van der Waals surface area (Å²) in [7, 11) is 0. The summed E-state index contributed by atoms with van der Waals surface area (Å²) >= 11 is 0. The number of nitrogens with zero attached hydrogens (tertiary/aromatic N) is 2. The molecule has 0 saturated carbocycles. The topological polar surface area (TPSA) is 52.1 Å². The van der Waals surface area contributed by atoms with Crippen LogP contribution in [0.15, 0.2) is 185 Å². The van der Waals surface area contributed by atoms with Gasteiger partial charge >= 0.3 is 0 Å². The Morgan fingerprint density at radius 2 is 0.871 bits per heavy atom. The van der Waals surface area contributed by atoms with Crippen LogP contribution in [-0.2, 0) is 20.1 Å². The molecule has 4 nitrogen and oxygen atoms in total. The zero-order valence-corrected chi connectivity index (χ0v) is 42.7. The molecular formula is C65H50IrN2O2-2. The van der Waals surface area contributed by atoms with Crippen molar-refractivity contribution in [3.8, 4) is 67.0 Å². The zero-order chi connectivity index (χ0) is 47.3. The first kappa shape index (κ1) is 46.1. The summed E-state index contributed by atoms with van der Waals surface area (Å²) in [5.41, 5.74) is 25.1. The molecule has 4 heterocycles. The zero-order valence-electron chi connectivity index (χ0n) is 40.3. The van der Waals surface area contributed by atoms with Crippen LogP contribution in [0, 0.1) is 60.6 Å². The van der Waals surface area contributed by atoms with E-state index in [1.165, 1.54) is 44.5 Å². The van der Waals surface area contributed by atoms with Crippen molar-refractivity contribution in [2.75, 3.05) is 0 Å². The monoisotopic (exact) mass is 1080 g/mol. The van der Waals surface area contributed by atoms with Crippen LogP contribution in [0.4, 0.5) is 0 Å². The second-order valence-electron chi connectivity index (χ2n) is 18.4. The SMILES string of the molecule is Cc1c[c-]c(-c2cc(C)c(C)cn2)cc1.Cc1cc2c(oc3cc(-c4ccccc4)ccc32)c(C)c1-c1c[c-]c(-c2ccc(-c3c(C)cc4c(oc5cc(-c6ccccc6)ccc54)c3C)cn2)cc1.[Ir]. The average molecular weight is 1080 g/mol. The van der Waals surface area contributed by atoms with Crippen molar-refractivity contribution in [2.24, 2.45) is 0 Å². The van der Waals surface area contributed by atoms with E-state index < -0.39 is 0 Å². The quantitative estimate of drug-likeness (QED) is 0.156. The average Bonchev–Trinajstić information content (AvgIpc) is 3.94. The van der Waals surface area contributed by atoms with Gasteiger partial charge in [-0.2, -0.15) is 0 Å². The van der Waals surface area contributed by atoms with Crippen LogP contribution in [0.3, 0.4) is 0 Å². The van der Waals surface area contributed by atoms with Gasteiger partial charge in [0, 0.05) is 59.6 Å². The molecule has 4 aromatic heterocycles. The summed E-state index contributed by atoms with van der Waals surface area (Å²) in [4.78, 5) is 9.34. The Morgan fingerprint density at radius 1 is 0.371 bits per heavy atom. The van der Waals surface area contributed by atoms with Crippen LogP contribution in [0.1, 0.15) is 38.9 Å². The van der Waals surface area contributed by atoms with Crippen molar-refractivity contribution in [2.45, 2.75) is 48.5 Å². The van der Waals surface area contributed by atoms with Gasteiger partial charge in [0.05, 0.1) is 0 Å². The van der Waals surface area contributed by atoms with E-state index in [1.54, 1.807) is 0 Å². The number of aryl methyl sites for hydroxylation is 7. The molecule has 0 bridgehead atoms. The molecule has 0 unspecified atom stereocenters. The van der Waals surface area contributed by atoms with Gasteiger partial charge in [-0.1, -0.05) is 120 Å². The van der Waals surface area contributed by atoms with Crippen molar-refractivity contribution in [3.63, 3.8) is 0 Å². The van der Waals surface area contributed by atoms with E-state index in [9.17, 15) is 0 Å². The first-order valence-corrected chi connectivity index (χ1v) is 23.5. The fraction of sp³-hybridized carbons (Fsp3) is 0.108. The van der Waals surface area contributed by atoms with Gasteiger partial charge in [0.25, 0.3) is 0 Å². The van der Waals surface area contributed by atoms with Gasteiger partial charge in [-0.25, -0.2) is 0 Å². The molecule has 70 heavy (non-hydrogen) atoms. The van der Waals surface area contributed by atoms with Crippen LogP contribution in [-0.4, -0.2) is 9.97 Å². The van der Waals surface area contributed by atoms with Gasteiger partial charge in [-0.05, 0) is 139 Å². The predicted octanol–water partition coefficient (Wildman–Crippen LogP) is 17.7. The van der Waals surface area contributed by atoms with Crippen molar-refractivity contribution in [1.29, 1.82) is 0 Å². The summed E-state index contributed by atoms with van der Waals surface area (Å²) in [6, 6.07) is 64.1. The number of rotatable bonds is 6. The van der Waals surface area contributed by atoms with Crippen molar-refractivity contribution >= 4 is 43.9 Å². The van der Waals surface area contributed by atoms with E-state index in [0.29, 0.717) is 0 Å². The second kappa shape index (κ2) is 19.0. The maximum Gasteiger partial charge on any atom is 0.138 e. The maximum absolute atomic E-state index is 6.55. The molecule has 5 heteroatoms. The Hall–Kier alpha value is -7.69. The summed E-state index contributed by atoms with van der Waals surface area (Å²) in [6.45, 7) is 14.9. The van der Waals surface area contributed by atoms with Gasteiger partial charge in [-0.3, -0.25) is 0 Å². The van der Waals surface area contributed by atoms with E-state index in [2.05, 4.69) is 211 Å². The summed E-state index contributed by atoms with van der Waals surface area (Å²) in [6.07, 6.45) is 3.89. The van der Waals surface area contributed by atoms with Crippen LogP contribution in [0.2, 0.25) is 0 Å². The fourth-order valence-electron chi connectivity index (χ4n) is 9.86. The Balaban J connectivity index is 0.000000304. The number of hydrogen-bond donors (Lipinski definition) is 0. The normalized spacial score (nSPS) is 11.2. The van der Waals surface area contributed by atoms with Gasteiger partial charge in [0.2, 0.25) is 0 Å². The summed E-state index contributed by atoms with van der Waals surface area (Å²) in [5.74, 6) is 0. The largest absolute Gasteiger partial charge is 0.456 e. The molecule has 0 fully saturated rings. The molecule has 0 atom stereocenters. The standard InChI is InChI=1S/C51H36NO2.C14H14N.Ir/c1-30-25-43-41-22-19-38(34-11-7-5-8-12-34)27-46(41)53-50(43)32(3)48(30)37-17-15-36(16-18-37)45-24-21-40(29-52-45)49-31(2)26-44-42-23-20-39(35-13-9-6-10-14-35)28-47(42)54-51(44)33(49)4;1-10-4-6-13(7-5-10)14-8-11(2)12(3)9-15-14;/h5-15,17-29H,1-4H3;4-6,8-9H,1-3H3;/q2*-1;. The number of aromatic nitrogens is 2. The minimum atomic E-state index is 0. The van der Waals surface area contributed by atoms with Crippen molar-refractivity contribution in [1.82, 2.24) is 9.97 Å². The third kappa shape index (κ3) is 8.57. The third-order valence-corrected chi connectivity index (χ3v) is 13.7. The van der Waals surface area contributed by atoms with Gasteiger partial charge < -0.3 is 18.8 Å². The maximum atomic E-state index is 6.55. The van der Waals surface area contributed by atoms with Crippen LogP contribution in [0.5, 0.6) is 0 Å². The first-order chi connectivity index (χ1) is 33.6. The third-order valence-electron chi connectivity index (χ3n) is 13.7. The Bertz CT molecular complexity index is 3660. The van der Waals surface area contributed by atoms with Gasteiger partial charge in [-0.15, -0.1) is 65.2 Å². The van der Waals surface area contributed by atoms with Crippen molar-refractivity contribution in [3.05, 3.63) is 227 Å². The van der Waals surface area contributed by atoms with E-state index in [-0.39, 0.29) is 20.1 Å². The minimum Gasteiger partial charge on any atom is -0.456 e. The van der Waals surface area contributed by atoms with E-state index in [4.69, 9.17) is 13.8 Å². The molecule has 12 aromatic rings. The van der Waals surface area contributed by atoms with E-state index >= 15 is 0 Å². The van der Waals surface area contributed by atoms with E-state index in [1.807, 2.05) is 30.6 Å². The first-order valence-electron chi connectivity index (χ1n) is 23.5. The molecular weight excluding hydrogens is 1030 g/mol. The molecule has 1 radical (unpaired) electrons. The molecule has 0 aliphatic rings. The molecule has 8 aromatic carbocycles. The van der Waals surface area contributed by atoms with Gasteiger partial charge in [0.15, 0.2) is 0 Å². The molecule has 12 rings (SSSR count). The van der Waals surface area contributed by atoms with Crippen LogP contribution >= 0.6 is 0 Å². The number of hydrogen-bond acceptors (Lipinski definition) is 4. The van der Waals surface area contributed by atoms with Crippen LogP contribution < -0.4 is 0 Å². The van der Waals surface area contributed by atoms with Crippen LogP contribution in [0.25, 0.3) is 111 Å². The van der Waals surface area contributed by atoms with E-state index in [0.717, 1.165) is 105 Å². The number of pyridine rings is 2. The predicted molar refractivity (Wildman–Crippen MR) is 286 cm³/mol. The minimum absolute atomic E-state index is 0. The Morgan fingerprint density at radius 3 is 1.37 bits per heavy atom. The number of benzene rings is 8. The van der Waals surface area contributed by atoms with Gasteiger partial charge in [0.1, 0.15) is 22.3 Å². The van der Waals surface area contributed by atoms with Crippen molar-refractivity contribution < 1.29 is 28.9 Å². The molecule has 0 N–H and O–H groups in total. The molecule has 0 amide bonds. The Labute approximate surface area is 423 Å². The number of fused-ring (bicyclic) bond motifs is 6. The molecule has 0 spiro atoms. The fourth-order valence-corrected chi connectivity index (χ4v) is 9.86. The number of furan rings is 2. The summed E-state index contributed by atoms with van der Waals surface area (Å²) < 4.78 is 13.1. The smallest absolute Gasteiger partial charge is 0.138 e. The Kier molecular flexibility index (Phi) is 12.5. The summed E-state index contributed by atoms with van der Waals surface area (Å²) in [5, 5.41) is 4.56. The molecule has 0 aliphatic carbocycles. The molecule has 343 valence electrons. The second-order valence-corrected chi connectivity index (χ2v) is 18.4. The molecule has 0 saturated heterocycles. The molecule has 0 aliphatic heterocycles.